The number of aromatic amines is 1. The number of benzene rings is 2. The second kappa shape index (κ2) is 10.4. The number of aliphatic hydroxyl groups excluding tert-OH is 1. The van der Waals surface area contributed by atoms with Crippen LogP contribution in [0.5, 0.6) is 0 Å². The quantitative estimate of drug-likeness (QED) is 0.351. The van der Waals surface area contributed by atoms with E-state index in [0.29, 0.717) is 18.2 Å². The van der Waals surface area contributed by atoms with Gasteiger partial charge >= 0.3 is 0 Å². The number of aliphatic hydroxyl groups is 1. The molecule has 0 bridgehead atoms. The highest BCUT2D eigenvalue weighted by molar-refractivity contribution is 5.98. The average molecular weight is 498 g/mol. The summed E-state index contributed by atoms with van der Waals surface area (Å²) >= 11 is 0. The van der Waals surface area contributed by atoms with Crippen molar-refractivity contribution < 1.29 is 9.90 Å². The summed E-state index contributed by atoms with van der Waals surface area (Å²) in [7, 11) is 3.74. The molecule has 4 aromatic rings. The summed E-state index contributed by atoms with van der Waals surface area (Å²) < 4.78 is 0. The Bertz CT molecular complexity index is 1410. The van der Waals surface area contributed by atoms with E-state index in [1.807, 2.05) is 43.7 Å². The first-order chi connectivity index (χ1) is 17.8. The normalized spacial score (nSPS) is 16.4. The number of hydrogen-bond donors (Lipinski definition) is 3. The molecular weight excluding hydrogens is 462 g/mol. The number of H-pyrrole nitrogens is 1. The summed E-state index contributed by atoms with van der Waals surface area (Å²) in [4.78, 5) is 24.6. The molecule has 0 saturated carbocycles. The number of carbonyl (C=O) groups is 1. The largest absolute Gasteiger partial charge is 0.392 e. The Morgan fingerprint density at radius 2 is 1.95 bits per heavy atom. The minimum atomic E-state index is -0.563. The van der Waals surface area contributed by atoms with Gasteiger partial charge in [-0.25, -0.2) is 4.98 Å². The van der Waals surface area contributed by atoms with E-state index in [4.69, 9.17) is 4.98 Å². The topological polar surface area (TPSA) is 84.5 Å². The van der Waals surface area contributed by atoms with Crippen LogP contribution in [-0.2, 0) is 0 Å². The van der Waals surface area contributed by atoms with Crippen LogP contribution in [0, 0.1) is 6.92 Å². The van der Waals surface area contributed by atoms with Crippen LogP contribution < -0.4 is 10.2 Å². The van der Waals surface area contributed by atoms with Crippen LogP contribution in [0.1, 0.15) is 29.3 Å². The SMILES string of the molecule is CNC1CCN(c2ccc(-c3cnc4[nH]cc(-c5ccc(C(=O)N(C)CC(C)O)cc5)c4c3)cc2C)C1. The summed E-state index contributed by atoms with van der Waals surface area (Å²) in [6, 6.07) is 17.0. The molecule has 37 heavy (non-hydrogen) atoms. The molecule has 1 fully saturated rings. The number of fused-ring (bicyclic) bond motifs is 1. The Hall–Kier alpha value is -3.68. The molecule has 2 unspecified atom stereocenters. The number of amides is 1. The molecule has 3 heterocycles. The molecule has 0 spiro atoms. The van der Waals surface area contributed by atoms with Crippen molar-refractivity contribution in [2.45, 2.75) is 32.4 Å². The van der Waals surface area contributed by atoms with Crippen LogP contribution in [0.25, 0.3) is 33.3 Å². The first kappa shape index (κ1) is 25.0. The van der Waals surface area contributed by atoms with Gasteiger partial charge in [0.1, 0.15) is 5.65 Å². The number of aromatic nitrogens is 2. The highest BCUT2D eigenvalue weighted by Gasteiger charge is 2.22. The van der Waals surface area contributed by atoms with Gasteiger partial charge < -0.3 is 25.2 Å². The Morgan fingerprint density at radius 1 is 1.19 bits per heavy atom. The molecule has 1 saturated heterocycles. The molecule has 2 aromatic heterocycles. The number of rotatable bonds is 7. The third-order valence-electron chi connectivity index (χ3n) is 7.33. The number of nitrogens with zero attached hydrogens (tertiary/aromatic N) is 3. The lowest BCUT2D eigenvalue weighted by molar-refractivity contribution is 0.0703. The maximum absolute atomic E-state index is 12.7. The summed E-state index contributed by atoms with van der Waals surface area (Å²) in [6.07, 6.45) is 4.50. The number of aryl methyl sites for hydroxylation is 1. The molecule has 5 rings (SSSR count). The van der Waals surface area contributed by atoms with Gasteiger partial charge in [-0.1, -0.05) is 18.2 Å². The minimum Gasteiger partial charge on any atom is -0.392 e. The summed E-state index contributed by atoms with van der Waals surface area (Å²) in [5, 5.41) is 14.0. The van der Waals surface area contributed by atoms with Crippen molar-refractivity contribution in [3.63, 3.8) is 0 Å². The fourth-order valence-electron chi connectivity index (χ4n) is 5.30. The second-order valence-electron chi connectivity index (χ2n) is 10.2. The third-order valence-corrected chi connectivity index (χ3v) is 7.33. The molecule has 192 valence electrons. The predicted octanol–water partition coefficient (Wildman–Crippen LogP) is 4.46. The first-order valence-electron chi connectivity index (χ1n) is 12.9. The van der Waals surface area contributed by atoms with Crippen molar-refractivity contribution in [1.29, 1.82) is 0 Å². The lowest BCUT2D eigenvalue weighted by atomic mass is 9.99. The van der Waals surface area contributed by atoms with Gasteiger partial charge in [0, 0.05) is 72.9 Å². The molecule has 1 aliphatic heterocycles. The smallest absolute Gasteiger partial charge is 0.253 e. The monoisotopic (exact) mass is 497 g/mol. The lowest BCUT2D eigenvalue weighted by Gasteiger charge is -2.21. The van der Waals surface area contributed by atoms with Crippen molar-refractivity contribution in [2.75, 3.05) is 38.6 Å². The van der Waals surface area contributed by atoms with E-state index in [1.165, 1.54) is 22.6 Å². The van der Waals surface area contributed by atoms with E-state index >= 15 is 0 Å². The predicted molar refractivity (Wildman–Crippen MR) is 150 cm³/mol. The van der Waals surface area contributed by atoms with E-state index < -0.39 is 6.10 Å². The number of anilines is 1. The number of nitrogens with one attached hydrogen (secondary N) is 2. The van der Waals surface area contributed by atoms with Gasteiger partial charge in [0.25, 0.3) is 5.91 Å². The van der Waals surface area contributed by atoms with Gasteiger partial charge in [-0.05, 0) is 74.3 Å². The molecule has 1 amide bonds. The highest BCUT2D eigenvalue weighted by Crippen LogP contribution is 2.33. The van der Waals surface area contributed by atoms with Crippen molar-refractivity contribution >= 4 is 22.6 Å². The van der Waals surface area contributed by atoms with Crippen LogP contribution in [0.15, 0.2) is 60.9 Å². The molecule has 1 aliphatic rings. The zero-order valence-corrected chi connectivity index (χ0v) is 22.0. The Morgan fingerprint density at radius 3 is 2.62 bits per heavy atom. The number of likely N-dealkylation sites (N-methyl/N-ethyl adjacent to an activating group) is 2. The van der Waals surface area contributed by atoms with Gasteiger partial charge in [0.15, 0.2) is 0 Å². The standard InChI is InChI=1S/C30H35N5O2/c1-19-13-23(9-10-28(19)35-12-11-25(18-35)31-3)24-14-26-27(16-33-29(26)32-15-24)21-5-7-22(8-6-21)30(37)34(4)17-20(2)36/h5-10,13-16,20,25,31,36H,11-12,17-18H2,1-4H3,(H,32,33). The van der Waals surface area contributed by atoms with Gasteiger partial charge in [-0.2, -0.15) is 0 Å². The molecular formula is C30H35N5O2. The van der Waals surface area contributed by atoms with Crippen LogP contribution in [-0.4, -0.2) is 71.8 Å². The second-order valence-corrected chi connectivity index (χ2v) is 10.2. The van der Waals surface area contributed by atoms with Gasteiger partial charge in [0.05, 0.1) is 6.10 Å². The third kappa shape index (κ3) is 5.10. The fourth-order valence-corrected chi connectivity index (χ4v) is 5.30. The molecule has 7 heteroatoms. The highest BCUT2D eigenvalue weighted by atomic mass is 16.3. The summed E-state index contributed by atoms with van der Waals surface area (Å²) in [5.41, 5.74) is 8.28. The van der Waals surface area contributed by atoms with E-state index in [-0.39, 0.29) is 5.91 Å². The molecule has 3 N–H and O–H groups in total. The van der Waals surface area contributed by atoms with Crippen molar-refractivity contribution in [2.24, 2.45) is 0 Å². The van der Waals surface area contributed by atoms with Crippen LogP contribution in [0.3, 0.4) is 0 Å². The van der Waals surface area contributed by atoms with Gasteiger partial charge in [0.2, 0.25) is 0 Å². The van der Waals surface area contributed by atoms with Crippen LogP contribution in [0.4, 0.5) is 5.69 Å². The summed E-state index contributed by atoms with van der Waals surface area (Å²) in [6.45, 7) is 6.27. The van der Waals surface area contributed by atoms with Gasteiger partial charge in [-0.3, -0.25) is 4.79 Å². The number of carbonyl (C=O) groups excluding carboxylic acids is 1. The van der Waals surface area contributed by atoms with Crippen molar-refractivity contribution in [1.82, 2.24) is 20.2 Å². The zero-order chi connectivity index (χ0) is 26.1. The lowest BCUT2D eigenvalue weighted by Crippen LogP contribution is -2.32. The van der Waals surface area contributed by atoms with Crippen LogP contribution >= 0.6 is 0 Å². The van der Waals surface area contributed by atoms with E-state index in [1.54, 1.807) is 14.0 Å². The number of hydrogen-bond acceptors (Lipinski definition) is 5. The fraction of sp³-hybridized carbons (Fsp3) is 0.333. The maximum atomic E-state index is 12.7. The molecule has 2 atom stereocenters. The van der Waals surface area contributed by atoms with Gasteiger partial charge in [-0.15, -0.1) is 0 Å². The van der Waals surface area contributed by atoms with Crippen LogP contribution in [0.2, 0.25) is 0 Å². The number of pyridine rings is 1. The Labute approximate surface area is 218 Å². The maximum Gasteiger partial charge on any atom is 0.253 e. The Kier molecular flexibility index (Phi) is 7.00. The molecule has 2 aromatic carbocycles. The first-order valence-corrected chi connectivity index (χ1v) is 12.9. The van der Waals surface area contributed by atoms with Crippen molar-refractivity contribution in [3.8, 4) is 22.3 Å². The van der Waals surface area contributed by atoms with Crippen molar-refractivity contribution in [3.05, 3.63) is 72.1 Å². The van der Waals surface area contributed by atoms with E-state index in [2.05, 4.69) is 46.4 Å². The molecule has 0 radical (unpaired) electrons. The molecule has 0 aliphatic carbocycles. The molecule has 7 nitrogen and oxygen atoms in total. The Balaban J connectivity index is 1.40. The van der Waals surface area contributed by atoms with E-state index in [0.717, 1.165) is 46.4 Å². The minimum absolute atomic E-state index is 0.107. The van der Waals surface area contributed by atoms with E-state index in [9.17, 15) is 9.90 Å². The zero-order valence-electron chi connectivity index (χ0n) is 22.0. The summed E-state index contributed by atoms with van der Waals surface area (Å²) in [5.74, 6) is -0.107. The average Bonchev–Trinajstić information content (AvgIpc) is 3.55.